The Morgan fingerprint density at radius 2 is 1.85 bits per heavy atom. The highest BCUT2D eigenvalue weighted by atomic mass is 19.3. The minimum atomic E-state index is -2.86. The number of hydrogen-bond donors (Lipinski definition) is 2. The predicted octanol–water partition coefficient (Wildman–Crippen LogP) is 3.55. The minimum Gasteiger partial charge on any atom is -0.494 e. The molecule has 0 fully saturated rings. The Bertz CT molecular complexity index is 723. The molecule has 0 aliphatic rings. The molecule has 0 atom stereocenters. The van der Waals surface area contributed by atoms with E-state index in [9.17, 15) is 8.78 Å². The van der Waals surface area contributed by atoms with E-state index in [2.05, 4.69) is 20.4 Å². The van der Waals surface area contributed by atoms with Crippen LogP contribution in [0.3, 0.4) is 0 Å². The van der Waals surface area contributed by atoms with Gasteiger partial charge in [0.05, 0.1) is 6.61 Å². The van der Waals surface area contributed by atoms with Crippen molar-refractivity contribution >= 4 is 5.96 Å². The van der Waals surface area contributed by atoms with Crippen LogP contribution in [0.4, 0.5) is 8.78 Å². The summed E-state index contributed by atoms with van der Waals surface area (Å²) >= 11 is 0. The van der Waals surface area contributed by atoms with Gasteiger partial charge in [-0.25, -0.2) is 0 Å². The maximum atomic E-state index is 12.5. The predicted molar refractivity (Wildman–Crippen MR) is 97.7 cm³/mol. The number of nitrogens with one attached hydrogen (secondary N) is 2. The molecule has 0 amide bonds. The molecule has 0 unspecified atom stereocenters. The number of ether oxygens (including phenoxy) is 2. The Labute approximate surface area is 152 Å². The molecule has 0 saturated carbocycles. The molecule has 0 aliphatic carbocycles. The first-order valence-electron chi connectivity index (χ1n) is 8.31. The van der Waals surface area contributed by atoms with Crippen molar-refractivity contribution in [1.82, 2.24) is 10.6 Å². The number of guanidine groups is 1. The average molecular weight is 363 g/mol. The Kier molecular flexibility index (Phi) is 7.67. The summed E-state index contributed by atoms with van der Waals surface area (Å²) in [7, 11) is 1.65. The van der Waals surface area contributed by atoms with Gasteiger partial charge in [-0.2, -0.15) is 8.78 Å². The van der Waals surface area contributed by atoms with Crippen LogP contribution in [0.15, 0.2) is 53.5 Å². The van der Waals surface area contributed by atoms with E-state index in [1.807, 2.05) is 31.2 Å². The first kappa shape index (κ1) is 19.5. The van der Waals surface area contributed by atoms with Crippen LogP contribution in [0.5, 0.6) is 11.5 Å². The summed E-state index contributed by atoms with van der Waals surface area (Å²) in [6.45, 7) is 0.551. The fraction of sp³-hybridized carbons (Fsp3) is 0.316. The Morgan fingerprint density at radius 1 is 1.08 bits per heavy atom. The maximum Gasteiger partial charge on any atom is 0.387 e. The van der Waals surface area contributed by atoms with Gasteiger partial charge in [-0.05, 0) is 30.7 Å². The van der Waals surface area contributed by atoms with Crippen molar-refractivity contribution in [2.45, 2.75) is 26.6 Å². The van der Waals surface area contributed by atoms with E-state index < -0.39 is 6.61 Å². The monoisotopic (exact) mass is 363 g/mol. The Balaban J connectivity index is 1.91. The average Bonchev–Trinajstić information content (AvgIpc) is 2.63. The minimum absolute atomic E-state index is 0.148. The number of nitrogens with zero attached hydrogens (tertiary/aromatic N) is 1. The van der Waals surface area contributed by atoms with Gasteiger partial charge >= 0.3 is 6.61 Å². The first-order valence-corrected chi connectivity index (χ1v) is 8.31. The number of halogens is 2. The Hall–Kier alpha value is -2.83. The second kappa shape index (κ2) is 10.2. The quantitative estimate of drug-likeness (QED) is 0.556. The Morgan fingerprint density at radius 3 is 2.58 bits per heavy atom. The van der Waals surface area contributed by atoms with Crippen LogP contribution in [0.25, 0.3) is 0 Å². The van der Waals surface area contributed by atoms with Gasteiger partial charge in [0.1, 0.15) is 11.5 Å². The molecule has 0 radical (unpaired) electrons. The van der Waals surface area contributed by atoms with Crippen LogP contribution in [0, 0.1) is 0 Å². The number of para-hydroxylation sites is 1. The second-order valence-electron chi connectivity index (χ2n) is 5.35. The second-order valence-corrected chi connectivity index (χ2v) is 5.35. The van der Waals surface area contributed by atoms with Crippen molar-refractivity contribution in [3.63, 3.8) is 0 Å². The molecule has 5 nitrogen and oxygen atoms in total. The topological polar surface area (TPSA) is 54.9 Å². The molecule has 0 aromatic heterocycles. The van der Waals surface area contributed by atoms with Crippen molar-refractivity contribution in [3.8, 4) is 11.5 Å². The summed E-state index contributed by atoms with van der Waals surface area (Å²) < 4.78 is 35.0. The number of aliphatic imine (C=N–C) groups is 1. The summed E-state index contributed by atoms with van der Waals surface area (Å²) in [5, 5.41) is 6.27. The van der Waals surface area contributed by atoms with Gasteiger partial charge in [0, 0.05) is 25.7 Å². The SMILES string of the molecule is CCOc1cccc(CNC(=NC)NCc2ccccc2OC(F)F)c1. The molecular formula is C19H23F2N3O2. The molecule has 0 bridgehead atoms. The van der Waals surface area contributed by atoms with Crippen molar-refractivity contribution in [1.29, 1.82) is 0 Å². The molecule has 2 aromatic rings. The first-order chi connectivity index (χ1) is 12.6. The van der Waals surface area contributed by atoms with Crippen LogP contribution in [-0.4, -0.2) is 26.2 Å². The summed E-state index contributed by atoms with van der Waals surface area (Å²) in [5.74, 6) is 1.52. The molecular weight excluding hydrogens is 340 g/mol. The van der Waals surface area contributed by atoms with Crippen molar-refractivity contribution in [3.05, 3.63) is 59.7 Å². The number of hydrogen-bond acceptors (Lipinski definition) is 3. The van der Waals surface area contributed by atoms with Gasteiger partial charge < -0.3 is 20.1 Å². The zero-order valence-electron chi connectivity index (χ0n) is 14.8. The van der Waals surface area contributed by atoms with Crippen LogP contribution in [-0.2, 0) is 13.1 Å². The van der Waals surface area contributed by atoms with Crippen molar-refractivity contribution in [2.75, 3.05) is 13.7 Å². The lowest BCUT2D eigenvalue weighted by molar-refractivity contribution is -0.0504. The number of benzene rings is 2. The molecule has 0 heterocycles. The van der Waals surface area contributed by atoms with E-state index in [0.29, 0.717) is 31.2 Å². The molecule has 2 rings (SSSR count). The van der Waals surface area contributed by atoms with E-state index in [4.69, 9.17) is 4.74 Å². The lowest BCUT2D eigenvalue weighted by Crippen LogP contribution is -2.36. The molecule has 0 spiro atoms. The van der Waals surface area contributed by atoms with Gasteiger partial charge in [0.2, 0.25) is 0 Å². The number of rotatable bonds is 8. The van der Waals surface area contributed by atoms with Crippen LogP contribution < -0.4 is 20.1 Å². The van der Waals surface area contributed by atoms with Gasteiger partial charge in [0.25, 0.3) is 0 Å². The largest absolute Gasteiger partial charge is 0.494 e. The third-order valence-electron chi connectivity index (χ3n) is 3.53. The number of alkyl halides is 2. The molecule has 2 aromatic carbocycles. The molecule has 0 saturated heterocycles. The summed E-state index contributed by atoms with van der Waals surface area (Å²) in [5.41, 5.74) is 1.66. The van der Waals surface area contributed by atoms with Gasteiger partial charge in [-0.3, -0.25) is 4.99 Å². The van der Waals surface area contributed by atoms with E-state index >= 15 is 0 Å². The highest BCUT2D eigenvalue weighted by Gasteiger charge is 2.09. The molecule has 26 heavy (non-hydrogen) atoms. The highest BCUT2D eigenvalue weighted by Crippen LogP contribution is 2.20. The lowest BCUT2D eigenvalue weighted by atomic mass is 10.2. The fourth-order valence-electron chi connectivity index (χ4n) is 2.36. The third kappa shape index (κ3) is 6.23. The van der Waals surface area contributed by atoms with Crippen molar-refractivity contribution in [2.24, 2.45) is 4.99 Å². The summed E-state index contributed by atoms with van der Waals surface area (Å²) in [4.78, 5) is 4.14. The maximum absolute atomic E-state index is 12.5. The molecule has 2 N–H and O–H groups in total. The summed E-state index contributed by atoms with van der Waals surface area (Å²) in [6.07, 6.45) is 0. The smallest absolute Gasteiger partial charge is 0.387 e. The molecule has 140 valence electrons. The van der Waals surface area contributed by atoms with Crippen molar-refractivity contribution < 1.29 is 18.3 Å². The highest BCUT2D eigenvalue weighted by molar-refractivity contribution is 5.79. The van der Waals surface area contributed by atoms with E-state index in [1.165, 1.54) is 6.07 Å². The summed E-state index contributed by atoms with van der Waals surface area (Å²) in [6, 6.07) is 14.4. The van der Waals surface area contributed by atoms with E-state index in [-0.39, 0.29) is 5.75 Å². The third-order valence-corrected chi connectivity index (χ3v) is 3.53. The van der Waals surface area contributed by atoms with E-state index in [1.54, 1.807) is 25.2 Å². The zero-order valence-corrected chi connectivity index (χ0v) is 14.8. The standard InChI is InChI=1S/C19H23F2N3O2/c1-3-25-16-9-6-7-14(11-16)12-23-19(22-2)24-13-15-8-4-5-10-17(15)26-18(20)21/h4-11,18H,3,12-13H2,1-2H3,(H2,22,23,24). The van der Waals surface area contributed by atoms with Crippen LogP contribution in [0.2, 0.25) is 0 Å². The van der Waals surface area contributed by atoms with Gasteiger partial charge in [-0.1, -0.05) is 30.3 Å². The van der Waals surface area contributed by atoms with E-state index in [0.717, 1.165) is 11.3 Å². The lowest BCUT2D eigenvalue weighted by Gasteiger charge is -2.15. The molecule has 7 heteroatoms. The molecule has 0 aliphatic heterocycles. The van der Waals surface area contributed by atoms with Gasteiger partial charge in [0.15, 0.2) is 5.96 Å². The van der Waals surface area contributed by atoms with Crippen LogP contribution >= 0.6 is 0 Å². The normalized spacial score (nSPS) is 11.3. The fourth-order valence-corrected chi connectivity index (χ4v) is 2.36. The zero-order chi connectivity index (χ0) is 18.8. The van der Waals surface area contributed by atoms with Gasteiger partial charge in [-0.15, -0.1) is 0 Å². The van der Waals surface area contributed by atoms with Crippen LogP contribution in [0.1, 0.15) is 18.1 Å².